The van der Waals surface area contributed by atoms with Crippen LogP contribution in [0.25, 0.3) is 11.5 Å². The summed E-state index contributed by atoms with van der Waals surface area (Å²) in [7, 11) is 1.64. The molecule has 142 valence electrons. The molecule has 0 aliphatic heterocycles. The van der Waals surface area contributed by atoms with Gasteiger partial charge in [0.2, 0.25) is 16.9 Å². The fourth-order valence-electron chi connectivity index (χ4n) is 2.48. The van der Waals surface area contributed by atoms with Crippen molar-refractivity contribution in [1.29, 1.82) is 0 Å². The first-order valence-corrected chi connectivity index (χ1v) is 10.1. The van der Waals surface area contributed by atoms with Crippen LogP contribution < -0.4 is 4.74 Å². The Hall–Kier alpha value is -2.72. The number of ether oxygens (including phenoxy) is 1. The van der Waals surface area contributed by atoms with Crippen molar-refractivity contribution >= 4 is 27.7 Å². The van der Waals surface area contributed by atoms with Crippen molar-refractivity contribution in [2.45, 2.75) is 17.5 Å². The van der Waals surface area contributed by atoms with Gasteiger partial charge in [-0.25, -0.2) is 4.68 Å². The number of rotatable bonds is 7. The normalized spacial score (nSPS) is 10.9. The van der Waals surface area contributed by atoms with E-state index in [9.17, 15) is 0 Å². The van der Waals surface area contributed by atoms with Crippen LogP contribution in [0.1, 0.15) is 11.5 Å². The van der Waals surface area contributed by atoms with Crippen LogP contribution in [-0.2, 0) is 12.3 Å². The lowest BCUT2D eigenvalue weighted by atomic mass is 10.2. The number of hydrogen-bond acceptors (Lipinski definition) is 8. The summed E-state index contributed by atoms with van der Waals surface area (Å²) in [6.07, 6.45) is 0. The molecule has 0 saturated heterocycles. The molecule has 28 heavy (non-hydrogen) atoms. The molecule has 2 heterocycles. The zero-order valence-corrected chi connectivity index (χ0v) is 17.2. The molecule has 0 aliphatic rings. The Morgan fingerprint density at radius 2 is 1.89 bits per heavy atom. The average molecular weight is 459 g/mol. The number of thioether (sulfide) groups is 1. The quantitative estimate of drug-likeness (QED) is 0.385. The first-order valence-electron chi connectivity index (χ1n) is 8.32. The maximum atomic E-state index is 5.77. The summed E-state index contributed by atoms with van der Waals surface area (Å²) in [5, 5.41) is 20.8. The van der Waals surface area contributed by atoms with Crippen LogP contribution in [0.4, 0.5) is 0 Å². The predicted octanol–water partition coefficient (Wildman–Crippen LogP) is 3.83. The number of tetrazole rings is 1. The minimum absolute atomic E-state index is 0.473. The molecule has 0 fully saturated rings. The molecule has 10 heteroatoms. The van der Waals surface area contributed by atoms with Crippen LogP contribution in [0, 0.1) is 0 Å². The molecule has 0 spiro atoms. The van der Waals surface area contributed by atoms with E-state index in [0.717, 1.165) is 21.3 Å². The third kappa shape index (κ3) is 4.23. The standard InChI is InChI=1S/C18H15BrN6O2S/c1-26-13-8-6-12(7-9-13)10-25-18(22-23-24-25)28-11-16-20-21-17(27-16)14-4-2-3-5-15(14)19/h2-9H,10-11H2,1H3. The summed E-state index contributed by atoms with van der Waals surface area (Å²) in [5.74, 6) is 2.27. The van der Waals surface area contributed by atoms with E-state index in [4.69, 9.17) is 9.15 Å². The fraction of sp³-hybridized carbons (Fsp3) is 0.167. The number of nitrogens with zero attached hydrogens (tertiary/aromatic N) is 6. The molecular weight excluding hydrogens is 444 g/mol. The van der Waals surface area contributed by atoms with E-state index in [2.05, 4.69) is 41.7 Å². The molecule has 0 saturated carbocycles. The molecule has 0 atom stereocenters. The second kappa shape index (κ2) is 8.53. The van der Waals surface area contributed by atoms with Gasteiger partial charge in [-0.3, -0.25) is 0 Å². The molecule has 0 unspecified atom stereocenters. The molecule has 0 N–H and O–H groups in total. The molecule has 2 aromatic carbocycles. The topological polar surface area (TPSA) is 91.8 Å². The van der Waals surface area contributed by atoms with Gasteiger partial charge in [0, 0.05) is 4.47 Å². The molecule has 8 nitrogen and oxygen atoms in total. The summed E-state index contributed by atoms with van der Waals surface area (Å²) in [6, 6.07) is 15.5. The smallest absolute Gasteiger partial charge is 0.248 e. The molecule has 0 amide bonds. The molecule has 0 radical (unpaired) electrons. The number of halogens is 1. The maximum Gasteiger partial charge on any atom is 0.248 e. The first kappa shape index (κ1) is 18.6. The Balaban J connectivity index is 1.42. The van der Waals surface area contributed by atoms with Crippen molar-refractivity contribution in [2.24, 2.45) is 0 Å². The lowest BCUT2D eigenvalue weighted by Crippen LogP contribution is -2.04. The van der Waals surface area contributed by atoms with E-state index in [1.807, 2.05) is 48.5 Å². The summed E-state index contributed by atoms with van der Waals surface area (Å²) < 4.78 is 13.6. The highest BCUT2D eigenvalue weighted by Crippen LogP contribution is 2.28. The number of benzene rings is 2. The van der Waals surface area contributed by atoms with Gasteiger partial charge < -0.3 is 9.15 Å². The Labute approximate surface area is 173 Å². The van der Waals surface area contributed by atoms with Crippen LogP contribution in [0.3, 0.4) is 0 Å². The maximum absolute atomic E-state index is 5.77. The number of methoxy groups -OCH3 is 1. The molecular formula is C18H15BrN6O2S. The largest absolute Gasteiger partial charge is 0.497 e. The van der Waals surface area contributed by atoms with Crippen molar-refractivity contribution in [3.8, 4) is 17.2 Å². The van der Waals surface area contributed by atoms with E-state index in [1.54, 1.807) is 11.8 Å². The predicted molar refractivity (Wildman–Crippen MR) is 107 cm³/mol. The van der Waals surface area contributed by atoms with Crippen LogP contribution in [0.2, 0.25) is 0 Å². The Kier molecular flexibility index (Phi) is 5.68. The van der Waals surface area contributed by atoms with Gasteiger partial charge in [0.15, 0.2) is 0 Å². The van der Waals surface area contributed by atoms with E-state index in [0.29, 0.717) is 29.2 Å². The molecule has 0 bridgehead atoms. The van der Waals surface area contributed by atoms with Gasteiger partial charge >= 0.3 is 0 Å². The number of hydrogen-bond donors (Lipinski definition) is 0. The van der Waals surface area contributed by atoms with Gasteiger partial charge in [0.1, 0.15) is 5.75 Å². The average Bonchev–Trinajstić information content (AvgIpc) is 3.37. The SMILES string of the molecule is COc1ccc(Cn2nnnc2SCc2nnc(-c3ccccc3Br)o2)cc1. The highest BCUT2D eigenvalue weighted by molar-refractivity contribution is 9.10. The monoisotopic (exact) mass is 458 g/mol. The Bertz CT molecular complexity index is 1070. The zero-order chi connectivity index (χ0) is 19.3. The second-order valence-corrected chi connectivity index (χ2v) is 7.53. The zero-order valence-electron chi connectivity index (χ0n) is 14.8. The molecule has 2 aromatic heterocycles. The van der Waals surface area contributed by atoms with E-state index < -0.39 is 0 Å². The van der Waals surface area contributed by atoms with Crippen molar-refractivity contribution in [3.05, 3.63) is 64.5 Å². The van der Waals surface area contributed by atoms with Crippen molar-refractivity contribution in [1.82, 2.24) is 30.4 Å². The highest BCUT2D eigenvalue weighted by atomic mass is 79.9. The summed E-state index contributed by atoms with van der Waals surface area (Å²) >= 11 is 4.93. The minimum atomic E-state index is 0.473. The second-order valence-electron chi connectivity index (χ2n) is 5.74. The Morgan fingerprint density at radius 1 is 1.07 bits per heavy atom. The first-order chi connectivity index (χ1) is 13.7. The third-order valence-corrected chi connectivity index (χ3v) is 5.52. The van der Waals surface area contributed by atoms with Gasteiger partial charge in [-0.2, -0.15) is 0 Å². The third-order valence-electron chi connectivity index (χ3n) is 3.89. The lowest BCUT2D eigenvalue weighted by molar-refractivity contribution is 0.414. The number of aromatic nitrogens is 6. The Morgan fingerprint density at radius 3 is 2.68 bits per heavy atom. The minimum Gasteiger partial charge on any atom is -0.497 e. The summed E-state index contributed by atoms with van der Waals surface area (Å²) in [5.41, 5.74) is 1.93. The van der Waals surface area contributed by atoms with E-state index in [1.165, 1.54) is 11.8 Å². The fourth-order valence-corrected chi connectivity index (χ4v) is 3.65. The summed E-state index contributed by atoms with van der Waals surface area (Å²) in [4.78, 5) is 0. The van der Waals surface area contributed by atoms with E-state index in [-0.39, 0.29) is 0 Å². The van der Waals surface area contributed by atoms with Gasteiger partial charge in [-0.05, 0) is 56.2 Å². The van der Waals surface area contributed by atoms with Crippen LogP contribution in [0.5, 0.6) is 5.75 Å². The van der Waals surface area contributed by atoms with Crippen molar-refractivity contribution < 1.29 is 9.15 Å². The molecule has 4 rings (SSSR count). The van der Waals surface area contributed by atoms with Crippen molar-refractivity contribution in [3.63, 3.8) is 0 Å². The summed E-state index contributed by atoms with van der Waals surface area (Å²) in [6.45, 7) is 0.561. The van der Waals surface area contributed by atoms with Gasteiger partial charge in [0.25, 0.3) is 0 Å². The van der Waals surface area contributed by atoms with Crippen LogP contribution in [0.15, 0.2) is 62.6 Å². The highest BCUT2D eigenvalue weighted by Gasteiger charge is 2.14. The van der Waals surface area contributed by atoms with Crippen LogP contribution >= 0.6 is 27.7 Å². The van der Waals surface area contributed by atoms with Crippen molar-refractivity contribution in [2.75, 3.05) is 7.11 Å². The van der Waals surface area contributed by atoms with E-state index >= 15 is 0 Å². The van der Waals surface area contributed by atoms with Gasteiger partial charge in [0.05, 0.1) is 25.0 Å². The lowest BCUT2D eigenvalue weighted by Gasteiger charge is -2.05. The van der Waals surface area contributed by atoms with Crippen LogP contribution in [-0.4, -0.2) is 37.5 Å². The van der Waals surface area contributed by atoms with Gasteiger partial charge in [-0.1, -0.05) is 36.0 Å². The molecule has 0 aliphatic carbocycles. The molecule has 4 aromatic rings. The van der Waals surface area contributed by atoms with Gasteiger partial charge in [-0.15, -0.1) is 15.3 Å².